The quantitative estimate of drug-likeness (QED) is 0.264. The largest absolute Gasteiger partial charge is 0.497 e. The van der Waals surface area contributed by atoms with E-state index >= 15 is 0 Å². The first-order valence-corrected chi connectivity index (χ1v) is 10.6. The number of esters is 2. The number of nitrogens with zero attached hydrogens (tertiary/aromatic N) is 1. The fourth-order valence-corrected chi connectivity index (χ4v) is 3.29. The number of hydrogen-bond donors (Lipinski definition) is 0. The van der Waals surface area contributed by atoms with Gasteiger partial charge >= 0.3 is 11.9 Å². The second kappa shape index (κ2) is 9.70. The van der Waals surface area contributed by atoms with E-state index in [1.54, 1.807) is 67.8 Å². The molecule has 8 heteroatoms. The summed E-state index contributed by atoms with van der Waals surface area (Å²) in [6.07, 6.45) is 1.58. The van der Waals surface area contributed by atoms with Crippen LogP contribution in [0.25, 0.3) is 6.08 Å². The minimum absolute atomic E-state index is 0.151. The number of carbonyl (C=O) groups excluding carboxylic acids is 2. The number of hydrogen-bond acceptors (Lipinski definition) is 7. The second-order valence-electron chi connectivity index (χ2n) is 6.87. The maximum atomic E-state index is 12.5. The van der Waals surface area contributed by atoms with Crippen molar-refractivity contribution in [3.8, 4) is 17.2 Å². The number of benzene rings is 3. The minimum atomic E-state index is -0.554. The molecule has 0 unspecified atom stereocenters. The molecule has 0 saturated heterocycles. The zero-order chi connectivity index (χ0) is 23.4. The Morgan fingerprint density at radius 3 is 2.33 bits per heavy atom. The van der Waals surface area contributed by atoms with Gasteiger partial charge < -0.3 is 18.9 Å². The van der Waals surface area contributed by atoms with E-state index in [4.69, 9.17) is 18.9 Å². The molecule has 0 atom stereocenters. The molecule has 33 heavy (non-hydrogen) atoms. The Balaban J connectivity index is 1.54. The molecule has 0 aromatic heterocycles. The van der Waals surface area contributed by atoms with Crippen LogP contribution in [0.1, 0.15) is 21.5 Å². The number of ether oxygens (including phenoxy) is 4. The predicted molar refractivity (Wildman–Crippen MR) is 126 cm³/mol. The third kappa shape index (κ3) is 5.12. The average Bonchev–Trinajstić information content (AvgIpc) is 3.20. The normalized spacial score (nSPS) is 14.0. The number of halogens is 1. The van der Waals surface area contributed by atoms with Crippen LogP contribution in [0.3, 0.4) is 0 Å². The van der Waals surface area contributed by atoms with E-state index in [0.717, 1.165) is 4.47 Å². The number of rotatable bonds is 6. The number of aliphatic imine (C=N–C) groups is 1. The first-order chi connectivity index (χ1) is 16.0. The summed E-state index contributed by atoms with van der Waals surface area (Å²) in [5, 5.41) is 0. The van der Waals surface area contributed by atoms with Crippen molar-refractivity contribution in [2.75, 3.05) is 14.2 Å². The summed E-state index contributed by atoms with van der Waals surface area (Å²) >= 11 is 3.37. The van der Waals surface area contributed by atoms with Crippen LogP contribution in [-0.2, 0) is 9.53 Å². The monoisotopic (exact) mass is 507 g/mol. The van der Waals surface area contributed by atoms with Gasteiger partial charge in [-0.2, -0.15) is 0 Å². The summed E-state index contributed by atoms with van der Waals surface area (Å²) < 4.78 is 22.1. The summed E-state index contributed by atoms with van der Waals surface area (Å²) in [5.41, 5.74) is 1.84. The lowest BCUT2D eigenvalue weighted by molar-refractivity contribution is -0.129. The molecular weight excluding hydrogens is 490 g/mol. The molecule has 0 bridgehead atoms. The Morgan fingerprint density at radius 1 is 0.939 bits per heavy atom. The van der Waals surface area contributed by atoms with Crippen molar-refractivity contribution in [3.63, 3.8) is 0 Å². The molecule has 1 aliphatic rings. The topological polar surface area (TPSA) is 83.4 Å². The molecule has 0 saturated carbocycles. The van der Waals surface area contributed by atoms with Crippen molar-refractivity contribution in [1.29, 1.82) is 0 Å². The van der Waals surface area contributed by atoms with Gasteiger partial charge in [0, 0.05) is 10.0 Å². The van der Waals surface area contributed by atoms with Crippen LogP contribution in [0.4, 0.5) is 0 Å². The van der Waals surface area contributed by atoms with Crippen LogP contribution in [0, 0.1) is 0 Å². The van der Waals surface area contributed by atoms with Gasteiger partial charge in [-0.05, 0) is 72.3 Å². The second-order valence-corrected chi connectivity index (χ2v) is 7.79. The molecule has 3 aromatic carbocycles. The number of cyclic esters (lactones) is 1. The molecule has 1 aliphatic heterocycles. The molecule has 0 aliphatic carbocycles. The van der Waals surface area contributed by atoms with E-state index in [1.807, 2.05) is 12.1 Å². The van der Waals surface area contributed by atoms with Crippen molar-refractivity contribution in [3.05, 3.63) is 93.6 Å². The first kappa shape index (κ1) is 22.3. The van der Waals surface area contributed by atoms with E-state index in [9.17, 15) is 9.59 Å². The summed E-state index contributed by atoms with van der Waals surface area (Å²) in [6, 6.07) is 18.8. The third-order valence-electron chi connectivity index (χ3n) is 4.73. The summed E-state index contributed by atoms with van der Waals surface area (Å²) in [6.45, 7) is 0. The smallest absolute Gasteiger partial charge is 0.363 e. The van der Waals surface area contributed by atoms with Crippen molar-refractivity contribution >= 4 is 39.8 Å². The Labute approximate surface area is 198 Å². The molecule has 166 valence electrons. The lowest BCUT2D eigenvalue weighted by atomic mass is 10.1. The van der Waals surface area contributed by atoms with Gasteiger partial charge in [0.25, 0.3) is 0 Å². The molecule has 7 nitrogen and oxygen atoms in total. The fourth-order valence-electron chi connectivity index (χ4n) is 3.03. The Morgan fingerprint density at radius 2 is 1.67 bits per heavy atom. The SMILES string of the molecule is COc1ccc(C(=O)Oc2ccc(/C=C3\N=C(c4ccc(Br)cc4)OC3=O)cc2OC)cc1. The maximum absolute atomic E-state index is 12.5. The summed E-state index contributed by atoms with van der Waals surface area (Å²) in [4.78, 5) is 29.0. The highest BCUT2D eigenvalue weighted by Crippen LogP contribution is 2.30. The molecular formula is C25H18BrNO6. The highest BCUT2D eigenvalue weighted by Gasteiger charge is 2.24. The van der Waals surface area contributed by atoms with E-state index < -0.39 is 11.9 Å². The van der Waals surface area contributed by atoms with Crippen molar-refractivity contribution in [2.45, 2.75) is 0 Å². The van der Waals surface area contributed by atoms with E-state index in [1.165, 1.54) is 7.11 Å². The molecule has 0 fully saturated rings. The number of carbonyl (C=O) groups is 2. The molecule has 0 spiro atoms. The van der Waals surface area contributed by atoms with E-state index in [0.29, 0.717) is 28.2 Å². The van der Waals surface area contributed by atoms with Gasteiger partial charge in [-0.3, -0.25) is 0 Å². The first-order valence-electron chi connectivity index (χ1n) is 9.79. The Hall–Kier alpha value is -3.91. The zero-order valence-corrected chi connectivity index (χ0v) is 19.3. The van der Waals surface area contributed by atoms with Gasteiger partial charge in [-0.15, -0.1) is 0 Å². The van der Waals surface area contributed by atoms with Crippen LogP contribution in [0.5, 0.6) is 17.2 Å². The molecule has 0 N–H and O–H groups in total. The lowest BCUT2D eigenvalue weighted by Crippen LogP contribution is -2.09. The molecule has 4 rings (SSSR count). The number of methoxy groups -OCH3 is 2. The van der Waals surface area contributed by atoms with Crippen molar-refractivity contribution in [1.82, 2.24) is 0 Å². The Kier molecular flexibility index (Phi) is 6.55. The average molecular weight is 508 g/mol. The van der Waals surface area contributed by atoms with Crippen molar-refractivity contribution in [2.24, 2.45) is 4.99 Å². The van der Waals surface area contributed by atoms with Crippen LogP contribution < -0.4 is 14.2 Å². The zero-order valence-electron chi connectivity index (χ0n) is 17.7. The maximum Gasteiger partial charge on any atom is 0.363 e. The highest BCUT2D eigenvalue weighted by atomic mass is 79.9. The van der Waals surface area contributed by atoms with Gasteiger partial charge in [-0.25, -0.2) is 14.6 Å². The predicted octanol–water partition coefficient (Wildman–Crippen LogP) is 5.03. The summed E-state index contributed by atoms with van der Waals surface area (Å²) in [7, 11) is 3.01. The summed E-state index contributed by atoms with van der Waals surface area (Å²) in [5.74, 6) is 0.351. The molecule has 1 heterocycles. The van der Waals surface area contributed by atoms with Crippen molar-refractivity contribution < 1.29 is 28.5 Å². The Bertz CT molecular complexity index is 1260. The van der Waals surface area contributed by atoms with Gasteiger partial charge in [0.05, 0.1) is 19.8 Å². The van der Waals surface area contributed by atoms with Crippen LogP contribution in [0.15, 0.2) is 81.9 Å². The van der Waals surface area contributed by atoms with Crippen LogP contribution in [0.2, 0.25) is 0 Å². The van der Waals surface area contributed by atoms with Gasteiger partial charge in [0.15, 0.2) is 17.2 Å². The third-order valence-corrected chi connectivity index (χ3v) is 5.26. The van der Waals surface area contributed by atoms with Gasteiger partial charge in [0.1, 0.15) is 5.75 Å². The van der Waals surface area contributed by atoms with E-state index in [2.05, 4.69) is 20.9 Å². The van der Waals surface area contributed by atoms with Gasteiger partial charge in [-0.1, -0.05) is 22.0 Å². The van der Waals surface area contributed by atoms with Gasteiger partial charge in [0.2, 0.25) is 5.90 Å². The van der Waals surface area contributed by atoms with E-state index in [-0.39, 0.29) is 17.3 Å². The fraction of sp³-hybridized carbons (Fsp3) is 0.0800. The molecule has 3 aromatic rings. The van der Waals surface area contributed by atoms with Crippen LogP contribution in [-0.4, -0.2) is 32.1 Å². The molecule has 0 amide bonds. The molecule has 0 radical (unpaired) electrons. The lowest BCUT2D eigenvalue weighted by Gasteiger charge is -2.10. The highest BCUT2D eigenvalue weighted by molar-refractivity contribution is 9.10. The standard InChI is InChI=1S/C25H18BrNO6/c1-30-19-10-6-17(7-11-19)24(28)32-21-12-3-15(14-22(21)31-2)13-20-25(29)33-23(27-20)16-4-8-18(26)9-5-16/h3-14H,1-2H3/b20-13-. The minimum Gasteiger partial charge on any atom is -0.497 e. The van der Waals surface area contributed by atoms with Crippen LogP contribution >= 0.6 is 15.9 Å².